The number of nitrogens with zero attached hydrogens (tertiary/aromatic N) is 2. The number of furan rings is 1. The summed E-state index contributed by atoms with van der Waals surface area (Å²) in [5.74, 6) is -1.06. The summed E-state index contributed by atoms with van der Waals surface area (Å²) in [5.41, 5.74) is 1.16. The monoisotopic (exact) mass is 358 g/mol. The van der Waals surface area contributed by atoms with E-state index in [0.717, 1.165) is 5.39 Å². The van der Waals surface area contributed by atoms with E-state index < -0.39 is 12.1 Å². The van der Waals surface area contributed by atoms with E-state index in [2.05, 4.69) is 0 Å². The molecular formula is C19H22N2O5. The second-order valence-corrected chi connectivity index (χ2v) is 5.76. The molecule has 2 aromatic rings. The Labute approximate surface area is 152 Å². The summed E-state index contributed by atoms with van der Waals surface area (Å²) < 4.78 is 16.4. The molecule has 0 unspecified atom stereocenters. The van der Waals surface area contributed by atoms with Crippen molar-refractivity contribution in [1.29, 1.82) is 5.26 Å². The number of esters is 1. The van der Waals surface area contributed by atoms with Gasteiger partial charge in [0.2, 0.25) is 5.76 Å². The van der Waals surface area contributed by atoms with Crippen LogP contribution in [0.5, 0.6) is 0 Å². The van der Waals surface area contributed by atoms with Crippen LogP contribution in [0.25, 0.3) is 11.0 Å². The average molecular weight is 358 g/mol. The molecule has 0 N–H and O–H groups in total. The van der Waals surface area contributed by atoms with Gasteiger partial charge in [-0.05, 0) is 19.9 Å². The predicted octanol–water partition coefficient (Wildman–Crippen LogP) is 2.89. The molecule has 2 rings (SSSR count). The van der Waals surface area contributed by atoms with Gasteiger partial charge in [-0.15, -0.1) is 0 Å². The SMILES string of the molecule is CCOCc1c(C(=O)O[C@H](C)C(=O)N(C)CCC#N)oc2ccccc12. The molecular weight excluding hydrogens is 336 g/mol. The highest BCUT2D eigenvalue weighted by Crippen LogP contribution is 2.27. The van der Waals surface area contributed by atoms with Gasteiger partial charge in [0.15, 0.2) is 6.10 Å². The summed E-state index contributed by atoms with van der Waals surface area (Å²) in [6.07, 6.45) is -0.773. The number of carbonyl (C=O) groups is 2. The molecule has 1 aromatic carbocycles. The fourth-order valence-electron chi connectivity index (χ4n) is 2.51. The lowest BCUT2D eigenvalue weighted by atomic mass is 10.1. The number of hydrogen-bond acceptors (Lipinski definition) is 6. The van der Waals surface area contributed by atoms with Gasteiger partial charge >= 0.3 is 5.97 Å². The van der Waals surface area contributed by atoms with Crippen molar-refractivity contribution in [1.82, 2.24) is 4.90 Å². The first kappa shape index (κ1) is 19.5. The molecule has 7 heteroatoms. The first-order valence-corrected chi connectivity index (χ1v) is 8.40. The van der Waals surface area contributed by atoms with Crippen LogP contribution in [-0.2, 0) is 20.9 Å². The van der Waals surface area contributed by atoms with Gasteiger partial charge in [-0.25, -0.2) is 4.79 Å². The zero-order valence-corrected chi connectivity index (χ0v) is 15.2. The summed E-state index contributed by atoms with van der Waals surface area (Å²) >= 11 is 0. The highest BCUT2D eigenvalue weighted by Gasteiger charge is 2.27. The minimum atomic E-state index is -0.987. The molecule has 0 radical (unpaired) electrons. The Kier molecular flexibility index (Phi) is 6.75. The van der Waals surface area contributed by atoms with Crippen LogP contribution in [0.1, 0.15) is 36.4 Å². The summed E-state index contributed by atoms with van der Waals surface area (Å²) in [6.45, 7) is 4.33. The lowest BCUT2D eigenvalue weighted by Crippen LogP contribution is -2.38. The lowest BCUT2D eigenvalue weighted by molar-refractivity contribution is -0.138. The van der Waals surface area contributed by atoms with Crippen molar-refractivity contribution in [3.8, 4) is 6.07 Å². The van der Waals surface area contributed by atoms with Crippen molar-refractivity contribution in [2.45, 2.75) is 33.0 Å². The predicted molar refractivity (Wildman–Crippen MR) is 94.3 cm³/mol. The molecule has 0 spiro atoms. The third-order valence-corrected chi connectivity index (χ3v) is 3.90. The van der Waals surface area contributed by atoms with Crippen LogP contribution in [0, 0.1) is 11.3 Å². The molecule has 0 saturated heterocycles. The van der Waals surface area contributed by atoms with Crippen LogP contribution in [0.15, 0.2) is 28.7 Å². The second kappa shape index (κ2) is 9.02. The van der Waals surface area contributed by atoms with Gasteiger partial charge in [-0.3, -0.25) is 4.79 Å². The largest absolute Gasteiger partial charge is 0.449 e. The Morgan fingerprint density at radius 1 is 1.35 bits per heavy atom. The van der Waals surface area contributed by atoms with E-state index in [4.69, 9.17) is 19.2 Å². The van der Waals surface area contributed by atoms with E-state index in [-0.39, 0.29) is 31.2 Å². The maximum absolute atomic E-state index is 12.6. The van der Waals surface area contributed by atoms with Crippen molar-refractivity contribution >= 4 is 22.8 Å². The normalized spacial score (nSPS) is 11.8. The number of nitriles is 1. The number of ether oxygens (including phenoxy) is 2. The van der Waals surface area contributed by atoms with E-state index in [1.807, 2.05) is 31.2 Å². The van der Waals surface area contributed by atoms with E-state index >= 15 is 0 Å². The van der Waals surface area contributed by atoms with Crippen molar-refractivity contribution < 1.29 is 23.5 Å². The molecule has 0 bridgehead atoms. The summed E-state index contributed by atoms with van der Waals surface area (Å²) in [6, 6.07) is 9.22. The molecule has 0 saturated carbocycles. The first-order chi connectivity index (χ1) is 12.5. The van der Waals surface area contributed by atoms with Crippen LogP contribution in [0.3, 0.4) is 0 Å². The van der Waals surface area contributed by atoms with Crippen molar-refractivity contribution in [2.75, 3.05) is 20.2 Å². The summed E-state index contributed by atoms with van der Waals surface area (Å²) in [7, 11) is 1.56. The Morgan fingerprint density at radius 2 is 2.08 bits per heavy atom. The van der Waals surface area contributed by atoms with Gasteiger partial charge in [0.05, 0.1) is 19.1 Å². The van der Waals surface area contributed by atoms with E-state index in [9.17, 15) is 9.59 Å². The Bertz CT molecular complexity index is 821. The maximum atomic E-state index is 12.6. The number of amides is 1. The molecule has 0 aliphatic carbocycles. The highest BCUT2D eigenvalue weighted by atomic mass is 16.6. The van der Waals surface area contributed by atoms with Gasteiger partial charge in [0.1, 0.15) is 5.58 Å². The molecule has 0 aliphatic heterocycles. The molecule has 0 fully saturated rings. The van der Waals surface area contributed by atoms with Gasteiger partial charge in [-0.1, -0.05) is 18.2 Å². The molecule has 1 amide bonds. The first-order valence-electron chi connectivity index (χ1n) is 8.40. The lowest BCUT2D eigenvalue weighted by Gasteiger charge is -2.20. The minimum Gasteiger partial charge on any atom is -0.449 e. The van der Waals surface area contributed by atoms with E-state index in [1.165, 1.54) is 11.8 Å². The minimum absolute atomic E-state index is 0.0407. The number of benzene rings is 1. The molecule has 1 atom stereocenters. The average Bonchev–Trinajstić information content (AvgIpc) is 3.02. The Hall–Kier alpha value is -2.85. The van der Waals surface area contributed by atoms with Crippen LogP contribution < -0.4 is 0 Å². The van der Waals surface area contributed by atoms with Gasteiger partial charge in [0.25, 0.3) is 5.91 Å². The molecule has 138 valence electrons. The smallest absolute Gasteiger partial charge is 0.375 e. The molecule has 7 nitrogen and oxygen atoms in total. The molecule has 1 heterocycles. The second-order valence-electron chi connectivity index (χ2n) is 5.76. The number of hydrogen-bond donors (Lipinski definition) is 0. The number of likely N-dealkylation sites (N-methyl/N-ethyl adjacent to an activating group) is 1. The number of rotatable bonds is 8. The van der Waals surface area contributed by atoms with E-state index in [1.54, 1.807) is 13.1 Å². The Balaban J connectivity index is 2.18. The third kappa shape index (κ3) is 4.41. The standard InChI is InChI=1S/C19H22N2O5/c1-4-24-12-15-14-8-5-6-9-16(14)26-17(15)19(23)25-13(2)18(22)21(3)11-7-10-20/h5-6,8-9,13H,4,7,11-12H2,1-3H3/t13-/m1/s1. The third-order valence-electron chi connectivity index (χ3n) is 3.90. The number of fused-ring (bicyclic) bond motifs is 1. The van der Waals surface area contributed by atoms with Gasteiger partial charge in [-0.2, -0.15) is 5.26 Å². The van der Waals surface area contributed by atoms with Crippen molar-refractivity contribution in [2.24, 2.45) is 0 Å². The zero-order chi connectivity index (χ0) is 19.1. The van der Waals surface area contributed by atoms with Crippen molar-refractivity contribution in [3.63, 3.8) is 0 Å². The van der Waals surface area contributed by atoms with E-state index in [0.29, 0.717) is 17.8 Å². The molecule has 1 aromatic heterocycles. The van der Waals surface area contributed by atoms with Gasteiger partial charge in [0, 0.05) is 31.1 Å². The van der Waals surface area contributed by atoms with Crippen LogP contribution in [-0.4, -0.2) is 43.1 Å². The highest BCUT2D eigenvalue weighted by molar-refractivity contribution is 5.97. The Morgan fingerprint density at radius 3 is 2.77 bits per heavy atom. The topological polar surface area (TPSA) is 92.8 Å². The number of carbonyl (C=O) groups excluding carboxylic acids is 2. The summed E-state index contributed by atoms with van der Waals surface area (Å²) in [4.78, 5) is 26.1. The summed E-state index contributed by atoms with van der Waals surface area (Å²) in [5, 5.41) is 9.38. The molecule has 0 aliphatic rings. The fourth-order valence-corrected chi connectivity index (χ4v) is 2.51. The quantitative estimate of drug-likeness (QED) is 0.674. The zero-order valence-electron chi connectivity index (χ0n) is 15.2. The van der Waals surface area contributed by atoms with Crippen molar-refractivity contribution in [3.05, 3.63) is 35.6 Å². The number of para-hydroxylation sites is 1. The van der Waals surface area contributed by atoms with Crippen LogP contribution in [0.2, 0.25) is 0 Å². The van der Waals surface area contributed by atoms with Crippen LogP contribution >= 0.6 is 0 Å². The fraction of sp³-hybridized carbons (Fsp3) is 0.421. The maximum Gasteiger partial charge on any atom is 0.375 e. The van der Waals surface area contributed by atoms with Gasteiger partial charge < -0.3 is 18.8 Å². The molecule has 26 heavy (non-hydrogen) atoms. The van der Waals surface area contributed by atoms with Crippen LogP contribution in [0.4, 0.5) is 0 Å².